The van der Waals surface area contributed by atoms with E-state index in [4.69, 9.17) is 34.8 Å². The Labute approximate surface area is 132 Å². The molecule has 0 aliphatic carbocycles. The lowest BCUT2D eigenvalue weighted by Crippen LogP contribution is -2.48. The van der Waals surface area contributed by atoms with Gasteiger partial charge in [-0.2, -0.15) is 0 Å². The Balaban J connectivity index is 2.26. The van der Waals surface area contributed by atoms with Crippen molar-refractivity contribution >= 4 is 57.2 Å². The number of hydrogen-bond donors (Lipinski definition) is 2. The highest BCUT2D eigenvalue weighted by molar-refractivity contribution is 6.68. The van der Waals surface area contributed by atoms with E-state index in [1.54, 1.807) is 0 Å². The van der Waals surface area contributed by atoms with Crippen LogP contribution in [0.5, 0.6) is 0 Å². The number of benzene rings is 2. The maximum Gasteiger partial charge on any atom is 0.228 e. The number of rotatable bonds is 3. The van der Waals surface area contributed by atoms with Crippen molar-refractivity contribution < 1.29 is 4.79 Å². The van der Waals surface area contributed by atoms with Gasteiger partial charge in [0.25, 0.3) is 0 Å². The van der Waals surface area contributed by atoms with E-state index >= 15 is 0 Å². The summed E-state index contributed by atoms with van der Waals surface area (Å²) in [6.07, 6.45) is -0.814. The first kappa shape index (κ1) is 15.2. The van der Waals surface area contributed by atoms with Crippen molar-refractivity contribution in [2.45, 2.75) is 16.9 Å². The third-order valence-electron chi connectivity index (χ3n) is 2.74. The van der Waals surface area contributed by atoms with Gasteiger partial charge in [0, 0.05) is 12.6 Å². The van der Waals surface area contributed by atoms with E-state index in [0.29, 0.717) is 0 Å². The van der Waals surface area contributed by atoms with Gasteiger partial charge in [0.2, 0.25) is 9.70 Å². The standard InChI is InChI=1S/C14H13Cl3N2O/c1-9(20)18-13(14(15,16)17)19-12-7-6-10-4-2-3-5-11(10)8-12/h2-8,13,19H,1H3,(H,18,20)/t13-/m1/s1. The summed E-state index contributed by atoms with van der Waals surface area (Å²) in [5.74, 6) is -0.283. The lowest BCUT2D eigenvalue weighted by atomic mass is 10.1. The highest BCUT2D eigenvalue weighted by Gasteiger charge is 2.33. The van der Waals surface area contributed by atoms with E-state index in [-0.39, 0.29) is 5.91 Å². The average Bonchev–Trinajstić information content (AvgIpc) is 2.36. The molecule has 2 rings (SSSR count). The Bertz CT molecular complexity index is 625. The van der Waals surface area contributed by atoms with Crippen LogP contribution in [0.25, 0.3) is 10.8 Å². The molecule has 1 atom stereocenters. The van der Waals surface area contributed by atoms with Gasteiger partial charge in [0.05, 0.1) is 0 Å². The van der Waals surface area contributed by atoms with Gasteiger partial charge in [-0.1, -0.05) is 65.1 Å². The van der Waals surface area contributed by atoms with Crippen molar-refractivity contribution in [2.75, 3.05) is 5.32 Å². The molecule has 0 saturated carbocycles. The number of carbonyl (C=O) groups is 1. The van der Waals surface area contributed by atoms with Crippen LogP contribution in [0.3, 0.4) is 0 Å². The SMILES string of the molecule is CC(=O)N[C@H](Nc1ccc2ccccc2c1)C(Cl)(Cl)Cl. The molecule has 0 aliphatic rings. The number of amides is 1. The number of hydrogen-bond acceptors (Lipinski definition) is 2. The minimum atomic E-state index is -1.66. The molecule has 2 N–H and O–H groups in total. The second kappa shape index (κ2) is 6.08. The highest BCUT2D eigenvalue weighted by Crippen LogP contribution is 2.31. The lowest BCUT2D eigenvalue weighted by Gasteiger charge is -2.27. The zero-order chi connectivity index (χ0) is 14.8. The molecule has 0 unspecified atom stereocenters. The summed E-state index contributed by atoms with van der Waals surface area (Å²) < 4.78 is -1.66. The summed E-state index contributed by atoms with van der Waals surface area (Å²) in [5.41, 5.74) is 0.758. The molecule has 2 aromatic rings. The van der Waals surface area contributed by atoms with Gasteiger partial charge in [-0.15, -0.1) is 0 Å². The first-order valence-electron chi connectivity index (χ1n) is 5.95. The molecule has 2 aromatic carbocycles. The fourth-order valence-corrected chi connectivity index (χ4v) is 2.18. The third-order valence-corrected chi connectivity index (χ3v) is 3.39. The molecule has 6 heteroatoms. The Kier molecular flexibility index (Phi) is 4.63. The summed E-state index contributed by atoms with van der Waals surface area (Å²) in [7, 11) is 0. The largest absolute Gasteiger partial charge is 0.362 e. The summed E-state index contributed by atoms with van der Waals surface area (Å²) in [5, 5.41) is 7.76. The maximum absolute atomic E-state index is 11.2. The van der Waals surface area contributed by atoms with Crippen LogP contribution in [0.15, 0.2) is 42.5 Å². The number of nitrogens with one attached hydrogen (secondary N) is 2. The first-order chi connectivity index (χ1) is 9.36. The van der Waals surface area contributed by atoms with E-state index in [2.05, 4.69) is 10.6 Å². The Morgan fingerprint density at radius 3 is 2.35 bits per heavy atom. The summed E-state index contributed by atoms with van der Waals surface area (Å²) in [6.45, 7) is 1.37. The molecule has 0 fully saturated rings. The Morgan fingerprint density at radius 1 is 1.10 bits per heavy atom. The minimum Gasteiger partial charge on any atom is -0.362 e. The molecule has 0 radical (unpaired) electrons. The number of alkyl halides is 3. The van der Waals surface area contributed by atoms with Crippen molar-refractivity contribution in [3.8, 4) is 0 Å². The summed E-state index contributed by atoms with van der Waals surface area (Å²) in [4.78, 5) is 11.2. The zero-order valence-corrected chi connectivity index (χ0v) is 12.9. The molecule has 20 heavy (non-hydrogen) atoms. The van der Waals surface area contributed by atoms with Crippen molar-refractivity contribution in [1.29, 1.82) is 0 Å². The van der Waals surface area contributed by atoms with Crippen LogP contribution in [0, 0.1) is 0 Å². The van der Waals surface area contributed by atoms with Crippen molar-refractivity contribution in [3.63, 3.8) is 0 Å². The number of carbonyl (C=O) groups excluding carboxylic acids is 1. The van der Waals surface area contributed by atoms with Crippen LogP contribution in [0.2, 0.25) is 0 Å². The Hall–Kier alpha value is -1.16. The van der Waals surface area contributed by atoms with Gasteiger partial charge in [-0.05, 0) is 22.9 Å². The average molecular weight is 332 g/mol. The fourth-order valence-electron chi connectivity index (χ4n) is 1.85. The van der Waals surface area contributed by atoms with Gasteiger partial charge in [-0.3, -0.25) is 4.79 Å². The van der Waals surface area contributed by atoms with Crippen LogP contribution in [0.1, 0.15) is 6.92 Å². The second-order valence-electron chi connectivity index (χ2n) is 4.38. The molecule has 0 saturated heterocycles. The second-order valence-corrected chi connectivity index (χ2v) is 6.75. The normalized spacial score (nSPS) is 13.0. The molecular formula is C14H13Cl3N2O. The molecule has 0 spiro atoms. The van der Waals surface area contributed by atoms with E-state index in [1.165, 1.54) is 6.92 Å². The monoisotopic (exact) mass is 330 g/mol. The molecule has 0 bridgehead atoms. The lowest BCUT2D eigenvalue weighted by molar-refractivity contribution is -0.119. The molecule has 3 nitrogen and oxygen atoms in total. The van der Waals surface area contributed by atoms with Crippen LogP contribution in [0.4, 0.5) is 5.69 Å². The number of anilines is 1. The van der Waals surface area contributed by atoms with Gasteiger partial charge < -0.3 is 10.6 Å². The van der Waals surface area contributed by atoms with Crippen LogP contribution in [-0.2, 0) is 4.79 Å². The molecule has 0 heterocycles. The van der Waals surface area contributed by atoms with Gasteiger partial charge in [0.1, 0.15) is 6.17 Å². The van der Waals surface area contributed by atoms with Crippen LogP contribution in [-0.4, -0.2) is 15.9 Å². The van der Waals surface area contributed by atoms with Crippen molar-refractivity contribution in [2.24, 2.45) is 0 Å². The minimum absolute atomic E-state index is 0.283. The highest BCUT2D eigenvalue weighted by atomic mass is 35.6. The van der Waals surface area contributed by atoms with Gasteiger partial charge >= 0.3 is 0 Å². The van der Waals surface area contributed by atoms with E-state index in [0.717, 1.165) is 16.5 Å². The predicted molar refractivity (Wildman–Crippen MR) is 85.5 cm³/mol. The molecule has 106 valence electrons. The predicted octanol–water partition coefficient (Wildman–Crippen LogP) is 4.08. The molecule has 0 aromatic heterocycles. The van der Waals surface area contributed by atoms with Crippen molar-refractivity contribution in [3.05, 3.63) is 42.5 Å². The van der Waals surface area contributed by atoms with Gasteiger partial charge in [-0.25, -0.2) is 0 Å². The topological polar surface area (TPSA) is 41.1 Å². The molecule has 1 amide bonds. The van der Waals surface area contributed by atoms with Crippen LogP contribution >= 0.6 is 34.8 Å². The fraction of sp³-hybridized carbons (Fsp3) is 0.214. The van der Waals surface area contributed by atoms with E-state index in [1.807, 2.05) is 42.5 Å². The summed E-state index contributed by atoms with van der Waals surface area (Å²) in [6, 6.07) is 13.7. The summed E-state index contributed by atoms with van der Waals surface area (Å²) >= 11 is 17.6. The first-order valence-corrected chi connectivity index (χ1v) is 7.09. The van der Waals surface area contributed by atoms with E-state index < -0.39 is 9.96 Å². The van der Waals surface area contributed by atoms with E-state index in [9.17, 15) is 4.79 Å². The maximum atomic E-state index is 11.2. The quantitative estimate of drug-likeness (QED) is 0.657. The van der Waals surface area contributed by atoms with Crippen molar-refractivity contribution in [1.82, 2.24) is 5.32 Å². The smallest absolute Gasteiger partial charge is 0.228 e. The van der Waals surface area contributed by atoms with Crippen LogP contribution < -0.4 is 10.6 Å². The zero-order valence-electron chi connectivity index (χ0n) is 10.7. The number of fused-ring (bicyclic) bond motifs is 1. The number of halogens is 3. The Morgan fingerprint density at radius 2 is 1.75 bits per heavy atom. The van der Waals surface area contributed by atoms with Gasteiger partial charge in [0.15, 0.2) is 0 Å². The third kappa shape index (κ3) is 3.92. The molecular weight excluding hydrogens is 319 g/mol. The molecule has 0 aliphatic heterocycles.